The van der Waals surface area contributed by atoms with Gasteiger partial charge < -0.3 is 10.1 Å². The van der Waals surface area contributed by atoms with Gasteiger partial charge in [0, 0.05) is 20.1 Å². The fraction of sp³-hybridized carbons (Fsp3) is 0.778. The van der Waals surface area contributed by atoms with Gasteiger partial charge in [0.05, 0.1) is 18.4 Å². The highest BCUT2D eigenvalue weighted by atomic mass is 32.2. The molecule has 0 saturated heterocycles. The molecule has 0 fully saturated rings. The van der Waals surface area contributed by atoms with E-state index >= 15 is 0 Å². The standard InChI is InChI=1S/C9H16N2O4S/c1-15-6-5-11-9(12)8-16(13,14)7-3-2-4-10/h2-3,5-8H2,1H3,(H,11,12). The summed E-state index contributed by atoms with van der Waals surface area (Å²) in [5, 5.41) is 10.7. The van der Waals surface area contributed by atoms with Crippen molar-refractivity contribution in [1.29, 1.82) is 5.26 Å². The quantitative estimate of drug-likeness (QED) is 0.582. The Bertz CT molecular complexity index is 345. The Morgan fingerprint density at radius 1 is 1.50 bits per heavy atom. The Hall–Kier alpha value is -1.13. The van der Waals surface area contributed by atoms with Crippen LogP contribution in [-0.2, 0) is 19.4 Å². The van der Waals surface area contributed by atoms with Gasteiger partial charge >= 0.3 is 0 Å². The van der Waals surface area contributed by atoms with Gasteiger partial charge in [0.25, 0.3) is 0 Å². The lowest BCUT2D eigenvalue weighted by molar-refractivity contribution is -0.118. The van der Waals surface area contributed by atoms with Crippen LogP contribution in [0.5, 0.6) is 0 Å². The predicted molar refractivity (Wildman–Crippen MR) is 58.4 cm³/mol. The van der Waals surface area contributed by atoms with Crippen LogP contribution in [0.1, 0.15) is 12.8 Å². The minimum absolute atomic E-state index is 0.127. The van der Waals surface area contributed by atoms with Gasteiger partial charge in [-0.3, -0.25) is 4.79 Å². The van der Waals surface area contributed by atoms with Gasteiger partial charge in [-0.1, -0.05) is 0 Å². The van der Waals surface area contributed by atoms with Crippen molar-refractivity contribution in [3.8, 4) is 6.07 Å². The summed E-state index contributed by atoms with van der Waals surface area (Å²) in [6, 6.07) is 1.85. The normalized spacial score (nSPS) is 10.8. The van der Waals surface area contributed by atoms with E-state index in [9.17, 15) is 13.2 Å². The van der Waals surface area contributed by atoms with Crippen molar-refractivity contribution in [2.75, 3.05) is 31.8 Å². The molecular weight excluding hydrogens is 232 g/mol. The summed E-state index contributed by atoms with van der Waals surface area (Å²) >= 11 is 0. The van der Waals surface area contributed by atoms with Crippen LogP contribution < -0.4 is 5.32 Å². The lowest BCUT2D eigenvalue weighted by Crippen LogP contribution is -2.33. The molecule has 0 unspecified atom stereocenters. The third-order valence-corrected chi connectivity index (χ3v) is 3.34. The van der Waals surface area contributed by atoms with Crippen LogP contribution >= 0.6 is 0 Å². The molecule has 1 N–H and O–H groups in total. The molecule has 0 aliphatic rings. The van der Waals surface area contributed by atoms with Crippen molar-refractivity contribution in [3.63, 3.8) is 0 Å². The molecule has 0 atom stereocenters. The average Bonchev–Trinajstić information content (AvgIpc) is 2.17. The number of carbonyl (C=O) groups excluding carboxylic acids is 1. The summed E-state index contributed by atoms with van der Waals surface area (Å²) in [5.41, 5.74) is 0. The Balaban J connectivity index is 3.88. The van der Waals surface area contributed by atoms with Gasteiger partial charge in [-0.2, -0.15) is 5.26 Å². The SMILES string of the molecule is COCCNC(=O)CS(=O)(=O)CCCC#N. The fourth-order valence-corrected chi connectivity index (χ4v) is 2.22. The number of carbonyl (C=O) groups is 1. The molecule has 92 valence electrons. The zero-order valence-corrected chi connectivity index (χ0v) is 10.0. The topological polar surface area (TPSA) is 96.3 Å². The van der Waals surface area contributed by atoms with Crippen LogP contribution in [-0.4, -0.2) is 46.1 Å². The van der Waals surface area contributed by atoms with Crippen LogP contribution in [0, 0.1) is 11.3 Å². The lowest BCUT2D eigenvalue weighted by Gasteiger charge is -2.04. The van der Waals surface area contributed by atoms with Gasteiger partial charge in [-0.15, -0.1) is 0 Å². The lowest BCUT2D eigenvalue weighted by atomic mass is 10.4. The van der Waals surface area contributed by atoms with Gasteiger partial charge in [-0.25, -0.2) is 8.42 Å². The maximum Gasteiger partial charge on any atom is 0.235 e. The predicted octanol–water partition coefficient (Wildman–Crippen LogP) is -0.532. The number of unbranched alkanes of at least 4 members (excludes halogenated alkanes) is 1. The molecule has 0 aromatic heterocycles. The van der Waals surface area contributed by atoms with E-state index in [0.717, 1.165) is 0 Å². The molecule has 0 heterocycles. The Morgan fingerprint density at radius 3 is 2.75 bits per heavy atom. The van der Waals surface area contributed by atoms with Crippen molar-refractivity contribution in [1.82, 2.24) is 5.32 Å². The first-order valence-electron chi connectivity index (χ1n) is 4.85. The first kappa shape index (κ1) is 14.9. The summed E-state index contributed by atoms with van der Waals surface area (Å²) in [7, 11) is -1.90. The monoisotopic (exact) mass is 248 g/mol. The molecule has 0 aliphatic carbocycles. The van der Waals surface area contributed by atoms with Crippen LogP contribution in [0.4, 0.5) is 0 Å². The molecule has 1 amide bonds. The highest BCUT2D eigenvalue weighted by molar-refractivity contribution is 7.92. The van der Waals surface area contributed by atoms with Gasteiger partial charge in [0.2, 0.25) is 5.91 Å². The first-order chi connectivity index (χ1) is 7.52. The van der Waals surface area contributed by atoms with Crippen molar-refractivity contribution < 1.29 is 17.9 Å². The average molecular weight is 248 g/mol. The number of amides is 1. The summed E-state index contributed by atoms with van der Waals surface area (Å²) in [5.74, 6) is -1.19. The van der Waals surface area contributed by atoms with Crippen LogP contribution in [0.25, 0.3) is 0 Å². The number of hydrogen-bond acceptors (Lipinski definition) is 5. The van der Waals surface area contributed by atoms with Gasteiger partial charge in [-0.05, 0) is 6.42 Å². The van der Waals surface area contributed by atoms with Crippen LogP contribution in [0.15, 0.2) is 0 Å². The summed E-state index contributed by atoms with van der Waals surface area (Å²) < 4.78 is 27.4. The van der Waals surface area contributed by atoms with E-state index in [1.165, 1.54) is 7.11 Å². The molecule has 0 aliphatic heterocycles. The van der Waals surface area contributed by atoms with E-state index in [-0.39, 0.29) is 18.6 Å². The van der Waals surface area contributed by atoms with Gasteiger partial charge in [0.1, 0.15) is 5.75 Å². The molecule has 16 heavy (non-hydrogen) atoms. The highest BCUT2D eigenvalue weighted by Crippen LogP contribution is 1.96. The largest absolute Gasteiger partial charge is 0.383 e. The molecule has 7 heteroatoms. The van der Waals surface area contributed by atoms with E-state index in [0.29, 0.717) is 13.2 Å². The number of rotatable bonds is 8. The zero-order valence-electron chi connectivity index (χ0n) is 9.23. The van der Waals surface area contributed by atoms with E-state index in [2.05, 4.69) is 5.32 Å². The molecule has 6 nitrogen and oxygen atoms in total. The second-order valence-electron chi connectivity index (χ2n) is 3.20. The number of ether oxygens (including phenoxy) is 1. The van der Waals surface area contributed by atoms with Crippen molar-refractivity contribution in [2.24, 2.45) is 0 Å². The minimum Gasteiger partial charge on any atom is -0.383 e. The number of methoxy groups -OCH3 is 1. The Morgan fingerprint density at radius 2 is 2.19 bits per heavy atom. The summed E-state index contributed by atoms with van der Waals surface area (Å²) in [4.78, 5) is 11.2. The number of nitrogens with one attached hydrogen (secondary N) is 1. The van der Waals surface area contributed by atoms with Gasteiger partial charge in [0.15, 0.2) is 9.84 Å². The minimum atomic E-state index is -3.39. The molecule has 0 spiro atoms. The summed E-state index contributed by atoms with van der Waals surface area (Å²) in [6.45, 7) is 0.642. The molecular formula is C9H16N2O4S. The van der Waals surface area contributed by atoms with Crippen LogP contribution in [0.3, 0.4) is 0 Å². The second kappa shape index (κ2) is 8.07. The van der Waals surface area contributed by atoms with Crippen molar-refractivity contribution >= 4 is 15.7 Å². The van der Waals surface area contributed by atoms with E-state index in [1.807, 2.05) is 6.07 Å². The number of sulfone groups is 1. The number of nitrogens with zero attached hydrogens (tertiary/aromatic N) is 1. The first-order valence-corrected chi connectivity index (χ1v) is 6.67. The van der Waals surface area contributed by atoms with E-state index in [4.69, 9.17) is 10.00 Å². The Kier molecular flexibility index (Phi) is 7.50. The highest BCUT2D eigenvalue weighted by Gasteiger charge is 2.15. The smallest absolute Gasteiger partial charge is 0.235 e. The fourth-order valence-electron chi connectivity index (χ4n) is 0.987. The van der Waals surface area contributed by atoms with E-state index < -0.39 is 21.5 Å². The molecule has 0 saturated carbocycles. The third-order valence-electron chi connectivity index (χ3n) is 1.72. The third kappa shape index (κ3) is 8.20. The molecule has 0 radical (unpaired) electrons. The zero-order chi connectivity index (χ0) is 12.4. The molecule has 0 bridgehead atoms. The molecule has 0 aromatic carbocycles. The Labute approximate surface area is 95.5 Å². The molecule has 0 aromatic rings. The van der Waals surface area contributed by atoms with Crippen molar-refractivity contribution in [3.05, 3.63) is 0 Å². The molecule has 0 rings (SSSR count). The van der Waals surface area contributed by atoms with Crippen LogP contribution in [0.2, 0.25) is 0 Å². The maximum absolute atomic E-state index is 11.3. The number of nitriles is 1. The van der Waals surface area contributed by atoms with Crippen molar-refractivity contribution in [2.45, 2.75) is 12.8 Å². The summed E-state index contributed by atoms with van der Waals surface area (Å²) in [6.07, 6.45) is 0.453. The maximum atomic E-state index is 11.3. The number of hydrogen-bond donors (Lipinski definition) is 1. The second-order valence-corrected chi connectivity index (χ2v) is 5.38. The van der Waals surface area contributed by atoms with E-state index in [1.54, 1.807) is 0 Å².